The molecule has 2 unspecified atom stereocenters. The van der Waals surface area contributed by atoms with Crippen molar-refractivity contribution < 1.29 is 4.74 Å². The van der Waals surface area contributed by atoms with Crippen LogP contribution in [0.4, 0.5) is 5.69 Å². The molecule has 3 aromatic carbocycles. The van der Waals surface area contributed by atoms with Gasteiger partial charge in [-0.3, -0.25) is 4.90 Å². The first-order chi connectivity index (χ1) is 16.8. The van der Waals surface area contributed by atoms with Gasteiger partial charge < -0.3 is 10.1 Å². The number of piperidine rings is 3. The van der Waals surface area contributed by atoms with E-state index in [4.69, 9.17) is 4.74 Å². The van der Waals surface area contributed by atoms with Crippen molar-refractivity contribution in [3.63, 3.8) is 0 Å². The monoisotopic (exact) mass is 468 g/mol. The van der Waals surface area contributed by atoms with Gasteiger partial charge in [0.15, 0.2) is 0 Å². The molecule has 0 spiro atoms. The molecule has 0 saturated carbocycles. The van der Waals surface area contributed by atoms with Crippen molar-refractivity contribution >= 4 is 5.69 Å². The lowest BCUT2D eigenvalue weighted by Crippen LogP contribution is -2.70. The van der Waals surface area contributed by atoms with Crippen LogP contribution in [0, 0.1) is 5.92 Å². The fourth-order valence-electron chi connectivity index (χ4n) is 6.63. The van der Waals surface area contributed by atoms with E-state index in [9.17, 15) is 0 Å². The van der Waals surface area contributed by atoms with E-state index in [2.05, 4.69) is 117 Å². The Labute approximate surface area is 211 Å². The summed E-state index contributed by atoms with van der Waals surface area (Å²) in [6, 6.07) is 29.2. The van der Waals surface area contributed by atoms with E-state index in [-0.39, 0.29) is 16.9 Å². The summed E-state index contributed by atoms with van der Waals surface area (Å²) in [7, 11) is 1.78. The Hall–Kier alpha value is -2.78. The fourth-order valence-corrected chi connectivity index (χ4v) is 6.63. The lowest BCUT2D eigenvalue weighted by atomic mass is 9.62. The number of nitrogens with zero attached hydrogens (tertiary/aromatic N) is 1. The van der Waals surface area contributed by atoms with Gasteiger partial charge in [0.1, 0.15) is 5.75 Å². The maximum atomic E-state index is 5.86. The normalized spacial score (nSPS) is 26.1. The summed E-state index contributed by atoms with van der Waals surface area (Å²) in [6.07, 6.45) is 2.48. The molecule has 184 valence electrons. The number of hydrogen-bond donors (Lipinski definition) is 1. The topological polar surface area (TPSA) is 24.5 Å². The number of nitrogens with one attached hydrogen (secondary N) is 1. The van der Waals surface area contributed by atoms with Crippen LogP contribution in [0.5, 0.6) is 5.75 Å². The summed E-state index contributed by atoms with van der Waals surface area (Å²) in [5.74, 6) is 1.82. The third-order valence-electron chi connectivity index (χ3n) is 8.55. The zero-order chi connectivity index (χ0) is 24.6. The summed E-state index contributed by atoms with van der Waals surface area (Å²) in [6.45, 7) is 11.7. The number of ether oxygens (including phenoxy) is 1. The number of fused-ring (bicyclic) bond motifs is 3. The zero-order valence-electron chi connectivity index (χ0n) is 21.9. The summed E-state index contributed by atoms with van der Waals surface area (Å²) >= 11 is 0. The largest absolute Gasteiger partial charge is 0.495 e. The molecule has 3 aliphatic rings. The number of methoxy groups -OCH3 is 1. The van der Waals surface area contributed by atoms with Crippen LogP contribution in [-0.2, 0) is 5.41 Å². The van der Waals surface area contributed by atoms with Crippen molar-refractivity contribution in [1.29, 1.82) is 0 Å². The second kappa shape index (κ2) is 9.35. The van der Waals surface area contributed by atoms with Gasteiger partial charge in [-0.15, -0.1) is 0 Å². The van der Waals surface area contributed by atoms with Gasteiger partial charge in [0.05, 0.1) is 12.8 Å². The predicted molar refractivity (Wildman–Crippen MR) is 147 cm³/mol. The highest BCUT2D eigenvalue weighted by Crippen LogP contribution is 2.51. The van der Waals surface area contributed by atoms with E-state index < -0.39 is 0 Å². The molecule has 2 bridgehead atoms. The first-order valence-electron chi connectivity index (χ1n) is 13.1. The third kappa shape index (κ3) is 4.36. The molecule has 3 aliphatic heterocycles. The highest BCUT2D eigenvalue weighted by molar-refractivity contribution is 5.60. The summed E-state index contributed by atoms with van der Waals surface area (Å²) in [5, 5.41) is 4.09. The molecule has 0 aliphatic carbocycles. The number of benzene rings is 3. The lowest BCUT2D eigenvalue weighted by Gasteiger charge is -2.61. The van der Waals surface area contributed by atoms with Crippen LogP contribution in [0.3, 0.4) is 0 Å². The molecule has 35 heavy (non-hydrogen) atoms. The predicted octanol–water partition coefficient (Wildman–Crippen LogP) is 7.09. The van der Waals surface area contributed by atoms with Crippen LogP contribution < -0.4 is 10.1 Å². The minimum absolute atomic E-state index is 0.0768. The van der Waals surface area contributed by atoms with Crippen LogP contribution in [0.25, 0.3) is 0 Å². The molecule has 3 heteroatoms. The molecule has 0 amide bonds. The summed E-state index contributed by atoms with van der Waals surface area (Å²) in [5.41, 5.74) is 5.22. The SMILES string of the molecule is COc1ccc(C(C)(C)C)cc1NC1C2CCN(CC2)C1(C)C(c1ccccc1)c1ccccc1. The molecule has 3 aromatic rings. The van der Waals surface area contributed by atoms with Gasteiger partial charge in [-0.1, -0.05) is 87.5 Å². The maximum Gasteiger partial charge on any atom is 0.141 e. The van der Waals surface area contributed by atoms with E-state index in [1.807, 2.05) is 0 Å². The van der Waals surface area contributed by atoms with Gasteiger partial charge in [-0.25, -0.2) is 0 Å². The van der Waals surface area contributed by atoms with E-state index in [1.165, 1.54) is 29.5 Å². The molecule has 0 aromatic heterocycles. The molecular weight excluding hydrogens is 428 g/mol. The van der Waals surface area contributed by atoms with Gasteiger partial charge in [0, 0.05) is 17.5 Å². The minimum atomic E-state index is -0.0768. The van der Waals surface area contributed by atoms with Gasteiger partial charge in [0.25, 0.3) is 0 Å². The summed E-state index contributed by atoms with van der Waals surface area (Å²) in [4.78, 5) is 2.76. The quantitative estimate of drug-likeness (QED) is 0.418. The highest BCUT2D eigenvalue weighted by Gasteiger charge is 2.55. The Morgan fingerprint density at radius 3 is 1.97 bits per heavy atom. The van der Waals surface area contributed by atoms with Crippen LogP contribution in [0.1, 0.15) is 63.1 Å². The second-order valence-corrected chi connectivity index (χ2v) is 11.6. The molecule has 6 rings (SSSR count). The van der Waals surface area contributed by atoms with Crippen LogP contribution >= 0.6 is 0 Å². The minimum Gasteiger partial charge on any atom is -0.495 e. The number of hydrogen-bond acceptors (Lipinski definition) is 3. The zero-order valence-corrected chi connectivity index (χ0v) is 21.9. The second-order valence-electron chi connectivity index (χ2n) is 11.6. The van der Waals surface area contributed by atoms with Crippen molar-refractivity contribution in [3.8, 4) is 5.75 Å². The van der Waals surface area contributed by atoms with Gasteiger partial charge in [-0.2, -0.15) is 0 Å². The van der Waals surface area contributed by atoms with Gasteiger partial charge >= 0.3 is 0 Å². The van der Waals surface area contributed by atoms with E-state index in [0.29, 0.717) is 12.0 Å². The Morgan fingerprint density at radius 2 is 1.46 bits per heavy atom. The molecule has 0 radical (unpaired) electrons. The molecule has 3 heterocycles. The van der Waals surface area contributed by atoms with Crippen LogP contribution in [0.15, 0.2) is 78.9 Å². The Bertz CT molecular complexity index is 1090. The van der Waals surface area contributed by atoms with Crippen molar-refractivity contribution in [3.05, 3.63) is 95.6 Å². The lowest BCUT2D eigenvalue weighted by molar-refractivity contribution is -0.0401. The Kier molecular flexibility index (Phi) is 6.40. The average Bonchev–Trinajstić information content (AvgIpc) is 2.87. The van der Waals surface area contributed by atoms with Crippen LogP contribution in [0.2, 0.25) is 0 Å². The molecule has 3 fully saturated rings. The van der Waals surface area contributed by atoms with Crippen molar-refractivity contribution in [2.75, 3.05) is 25.5 Å². The van der Waals surface area contributed by atoms with Gasteiger partial charge in [-0.05, 0) is 73.0 Å². The smallest absolute Gasteiger partial charge is 0.141 e. The molecule has 3 nitrogen and oxygen atoms in total. The van der Waals surface area contributed by atoms with E-state index in [1.54, 1.807) is 7.11 Å². The van der Waals surface area contributed by atoms with Crippen molar-refractivity contribution in [2.45, 2.75) is 63.5 Å². The summed E-state index contributed by atoms with van der Waals surface area (Å²) < 4.78 is 5.86. The first kappa shape index (κ1) is 23.9. The molecule has 3 saturated heterocycles. The Morgan fingerprint density at radius 1 is 0.886 bits per heavy atom. The number of rotatable bonds is 6. The highest BCUT2D eigenvalue weighted by atomic mass is 16.5. The maximum absolute atomic E-state index is 5.86. The van der Waals surface area contributed by atoms with E-state index >= 15 is 0 Å². The van der Waals surface area contributed by atoms with E-state index in [0.717, 1.165) is 24.5 Å². The third-order valence-corrected chi connectivity index (χ3v) is 8.55. The number of anilines is 1. The Balaban J connectivity index is 1.63. The van der Waals surface area contributed by atoms with Crippen LogP contribution in [-0.4, -0.2) is 36.7 Å². The molecule has 1 N–H and O–H groups in total. The molecular formula is C32H40N2O. The standard InChI is InChI=1S/C32H40N2O/c1-31(2,3)26-16-17-28(35-5)27(22-26)33-30-25-18-20-34(21-19-25)32(30,4)29(23-12-8-6-9-13-23)24-14-10-7-11-15-24/h6-17,22,25,29-30,33H,18-21H2,1-5H3. The molecule has 2 atom stereocenters. The average molecular weight is 469 g/mol. The van der Waals surface area contributed by atoms with Crippen molar-refractivity contribution in [2.24, 2.45) is 5.92 Å². The first-order valence-corrected chi connectivity index (χ1v) is 13.1. The van der Waals surface area contributed by atoms with Crippen molar-refractivity contribution in [1.82, 2.24) is 4.90 Å². The fraction of sp³-hybridized carbons (Fsp3) is 0.438. The van der Waals surface area contributed by atoms with Gasteiger partial charge in [0.2, 0.25) is 0 Å².